The fourth-order valence-electron chi connectivity index (χ4n) is 3.39. The molecule has 8 nitrogen and oxygen atoms in total. The lowest BCUT2D eigenvalue weighted by atomic mass is 10.1. The topological polar surface area (TPSA) is 91.0 Å². The van der Waals surface area contributed by atoms with Gasteiger partial charge in [-0.1, -0.05) is 36.4 Å². The third-order valence-electron chi connectivity index (χ3n) is 4.83. The molecule has 1 N–H and O–H groups in total. The van der Waals surface area contributed by atoms with Crippen LogP contribution in [0.5, 0.6) is 5.75 Å². The Hall–Kier alpha value is -3.94. The number of nitrogens with zero attached hydrogens (tertiary/aromatic N) is 4. The number of aryl methyl sites for hydroxylation is 2. The SMILES string of the molecule is Cc1cc(C)n(-c2ccc(=O)n(CCNC(=O)COc3cccc4ccccc34)n2)n1. The summed E-state index contributed by atoms with van der Waals surface area (Å²) in [6.45, 7) is 4.21. The van der Waals surface area contributed by atoms with Gasteiger partial charge >= 0.3 is 0 Å². The van der Waals surface area contributed by atoms with Crippen molar-refractivity contribution in [3.63, 3.8) is 0 Å². The molecule has 31 heavy (non-hydrogen) atoms. The first-order valence-corrected chi connectivity index (χ1v) is 10.0. The van der Waals surface area contributed by atoms with Crippen LogP contribution in [0, 0.1) is 13.8 Å². The van der Waals surface area contributed by atoms with Gasteiger partial charge in [-0.3, -0.25) is 9.59 Å². The van der Waals surface area contributed by atoms with Gasteiger partial charge in [0.1, 0.15) is 5.75 Å². The van der Waals surface area contributed by atoms with E-state index in [-0.39, 0.29) is 31.2 Å². The van der Waals surface area contributed by atoms with Crippen molar-refractivity contribution >= 4 is 16.7 Å². The van der Waals surface area contributed by atoms with Gasteiger partial charge in [0.2, 0.25) is 0 Å². The van der Waals surface area contributed by atoms with Crippen molar-refractivity contribution in [2.75, 3.05) is 13.2 Å². The maximum Gasteiger partial charge on any atom is 0.266 e. The van der Waals surface area contributed by atoms with Crippen LogP contribution >= 0.6 is 0 Å². The number of ether oxygens (including phenoxy) is 1. The molecule has 2 aromatic heterocycles. The number of aromatic nitrogens is 4. The van der Waals surface area contributed by atoms with E-state index in [0.29, 0.717) is 11.6 Å². The van der Waals surface area contributed by atoms with Crippen LogP contribution in [0.4, 0.5) is 0 Å². The number of carbonyl (C=O) groups excluding carboxylic acids is 1. The van der Waals surface area contributed by atoms with Gasteiger partial charge in [-0.2, -0.15) is 5.10 Å². The summed E-state index contributed by atoms with van der Waals surface area (Å²) >= 11 is 0. The van der Waals surface area contributed by atoms with Crippen molar-refractivity contribution in [3.05, 3.63) is 82.4 Å². The van der Waals surface area contributed by atoms with Gasteiger partial charge in [-0.25, -0.2) is 9.36 Å². The molecule has 2 heterocycles. The van der Waals surface area contributed by atoms with Crippen LogP contribution in [0.1, 0.15) is 11.4 Å². The second-order valence-electron chi connectivity index (χ2n) is 7.21. The lowest BCUT2D eigenvalue weighted by molar-refractivity contribution is -0.123. The molecule has 2 aromatic carbocycles. The highest BCUT2D eigenvalue weighted by Crippen LogP contribution is 2.24. The third-order valence-corrected chi connectivity index (χ3v) is 4.83. The molecule has 4 rings (SSSR count). The number of fused-ring (bicyclic) bond motifs is 1. The second kappa shape index (κ2) is 8.83. The van der Waals surface area contributed by atoms with Crippen molar-refractivity contribution in [2.45, 2.75) is 20.4 Å². The number of nitrogens with one attached hydrogen (secondary N) is 1. The molecule has 0 aliphatic heterocycles. The monoisotopic (exact) mass is 417 g/mol. The van der Waals surface area contributed by atoms with E-state index in [2.05, 4.69) is 15.5 Å². The first kappa shape index (κ1) is 20.3. The van der Waals surface area contributed by atoms with E-state index >= 15 is 0 Å². The Kier molecular flexibility index (Phi) is 5.79. The van der Waals surface area contributed by atoms with Gasteiger partial charge in [0, 0.05) is 23.7 Å². The van der Waals surface area contributed by atoms with Crippen LogP contribution < -0.4 is 15.6 Å². The Bertz CT molecular complexity index is 1290. The number of amides is 1. The van der Waals surface area contributed by atoms with Gasteiger partial charge in [0.15, 0.2) is 12.4 Å². The summed E-state index contributed by atoms with van der Waals surface area (Å²) in [6, 6.07) is 18.6. The molecule has 0 spiro atoms. The summed E-state index contributed by atoms with van der Waals surface area (Å²) in [4.78, 5) is 24.3. The Morgan fingerprint density at radius 3 is 2.65 bits per heavy atom. The highest BCUT2D eigenvalue weighted by Gasteiger charge is 2.09. The standard InChI is InChI=1S/C23H23N5O3/c1-16-14-17(2)28(25-16)21-10-11-23(30)27(26-21)13-12-24-22(29)15-31-20-9-5-7-18-6-3-4-8-19(18)20/h3-11,14H,12-13,15H2,1-2H3,(H,24,29). The summed E-state index contributed by atoms with van der Waals surface area (Å²) in [5.41, 5.74) is 1.55. The van der Waals surface area contributed by atoms with E-state index in [1.807, 2.05) is 62.4 Å². The zero-order valence-corrected chi connectivity index (χ0v) is 17.4. The molecule has 158 valence electrons. The Morgan fingerprint density at radius 2 is 1.84 bits per heavy atom. The summed E-state index contributed by atoms with van der Waals surface area (Å²) in [5, 5.41) is 13.5. The molecule has 0 radical (unpaired) electrons. The quantitative estimate of drug-likeness (QED) is 0.499. The zero-order chi connectivity index (χ0) is 21.8. The molecule has 0 bridgehead atoms. The molecule has 1 amide bonds. The van der Waals surface area contributed by atoms with E-state index in [4.69, 9.17) is 4.74 Å². The van der Waals surface area contributed by atoms with Gasteiger partial charge in [0.25, 0.3) is 11.5 Å². The normalized spacial score (nSPS) is 10.9. The maximum absolute atomic E-state index is 12.2. The molecule has 0 saturated carbocycles. The molecule has 0 unspecified atom stereocenters. The first-order chi connectivity index (χ1) is 15.0. The lowest BCUT2D eigenvalue weighted by Gasteiger charge is -2.11. The van der Waals surface area contributed by atoms with Crippen molar-refractivity contribution in [2.24, 2.45) is 0 Å². The van der Waals surface area contributed by atoms with Crippen LogP contribution in [0.25, 0.3) is 16.6 Å². The fourth-order valence-corrected chi connectivity index (χ4v) is 3.39. The summed E-state index contributed by atoms with van der Waals surface area (Å²) in [7, 11) is 0. The van der Waals surface area contributed by atoms with Gasteiger partial charge in [-0.15, -0.1) is 5.10 Å². The van der Waals surface area contributed by atoms with E-state index in [9.17, 15) is 9.59 Å². The second-order valence-corrected chi connectivity index (χ2v) is 7.21. The van der Waals surface area contributed by atoms with Gasteiger partial charge in [-0.05, 0) is 37.4 Å². The number of rotatable bonds is 7. The Balaban J connectivity index is 1.35. The minimum Gasteiger partial charge on any atom is -0.483 e. The number of hydrogen-bond donors (Lipinski definition) is 1. The molecule has 0 fully saturated rings. The Labute approximate surface area is 179 Å². The van der Waals surface area contributed by atoms with Crippen molar-refractivity contribution < 1.29 is 9.53 Å². The fraction of sp³-hybridized carbons (Fsp3) is 0.217. The first-order valence-electron chi connectivity index (χ1n) is 10.0. The average molecular weight is 417 g/mol. The van der Waals surface area contributed by atoms with E-state index in [1.165, 1.54) is 10.7 Å². The molecule has 4 aromatic rings. The predicted molar refractivity (Wildman–Crippen MR) is 118 cm³/mol. The van der Waals surface area contributed by atoms with E-state index in [1.54, 1.807) is 10.7 Å². The predicted octanol–water partition coefficient (Wildman–Crippen LogP) is 2.39. The minimum absolute atomic E-state index is 0.109. The summed E-state index contributed by atoms with van der Waals surface area (Å²) in [5.74, 6) is 0.940. The average Bonchev–Trinajstić information content (AvgIpc) is 3.11. The van der Waals surface area contributed by atoms with Crippen LogP contribution in [0.3, 0.4) is 0 Å². The summed E-state index contributed by atoms with van der Waals surface area (Å²) < 4.78 is 8.69. The van der Waals surface area contributed by atoms with Crippen LogP contribution in [0.2, 0.25) is 0 Å². The third kappa shape index (κ3) is 4.63. The van der Waals surface area contributed by atoms with Crippen molar-refractivity contribution in [1.82, 2.24) is 24.9 Å². The highest BCUT2D eigenvalue weighted by atomic mass is 16.5. The van der Waals surface area contributed by atoms with E-state index < -0.39 is 0 Å². The van der Waals surface area contributed by atoms with Crippen LogP contribution in [-0.4, -0.2) is 38.6 Å². The van der Waals surface area contributed by atoms with Gasteiger partial charge < -0.3 is 10.1 Å². The molecule has 8 heteroatoms. The highest BCUT2D eigenvalue weighted by molar-refractivity contribution is 5.88. The molecule has 0 aliphatic rings. The zero-order valence-electron chi connectivity index (χ0n) is 17.4. The Morgan fingerprint density at radius 1 is 1.03 bits per heavy atom. The smallest absolute Gasteiger partial charge is 0.266 e. The van der Waals surface area contributed by atoms with Crippen molar-refractivity contribution in [1.29, 1.82) is 0 Å². The maximum atomic E-state index is 12.2. The van der Waals surface area contributed by atoms with Crippen molar-refractivity contribution in [3.8, 4) is 11.6 Å². The molecule has 0 saturated heterocycles. The number of carbonyl (C=O) groups is 1. The molecular formula is C23H23N5O3. The van der Waals surface area contributed by atoms with Gasteiger partial charge in [0.05, 0.1) is 12.2 Å². The van der Waals surface area contributed by atoms with Crippen LogP contribution in [0.15, 0.2) is 65.5 Å². The summed E-state index contributed by atoms with van der Waals surface area (Å²) in [6.07, 6.45) is 0. The molecular weight excluding hydrogens is 394 g/mol. The number of hydrogen-bond acceptors (Lipinski definition) is 5. The van der Waals surface area contributed by atoms with Crippen LogP contribution in [-0.2, 0) is 11.3 Å². The number of benzene rings is 2. The molecule has 0 atom stereocenters. The van der Waals surface area contributed by atoms with E-state index in [0.717, 1.165) is 22.2 Å². The molecule has 0 aliphatic carbocycles. The largest absolute Gasteiger partial charge is 0.483 e. The lowest BCUT2D eigenvalue weighted by Crippen LogP contribution is -2.34. The minimum atomic E-state index is -0.268.